The quantitative estimate of drug-likeness (QED) is 0.766. The molecule has 0 aliphatic carbocycles. The number of hydrogen-bond donors (Lipinski definition) is 3. The molecular weight excluding hydrogens is 252 g/mol. The Morgan fingerprint density at radius 1 is 1.39 bits per heavy atom. The number of aromatic nitrogens is 2. The van der Waals surface area contributed by atoms with Crippen LogP contribution in [0.15, 0.2) is 35.4 Å². The van der Waals surface area contributed by atoms with E-state index in [-0.39, 0.29) is 4.90 Å². The van der Waals surface area contributed by atoms with Gasteiger partial charge in [0.2, 0.25) is 0 Å². The maximum atomic E-state index is 11.6. The van der Waals surface area contributed by atoms with Gasteiger partial charge in [-0.05, 0) is 12.1 Å². The first kappa shape index (κ1) is 12.4. The van der Waals surface area contributed by atoms with Crippen molar-refractivity contribution in [3.05, 3.63) is 36.0 Å². The maximum absolute atomic E-state index is 11.6. The SMILES string of the molecule is CS(=O)(=O)c1ccccc1NCc1cn[nH]c1N. The third kappa shape index (κ3) is 2.62. The van der Waals surface area contributed by atoms with Gasteiger partial charge in [-0.1, -0.05) is 12.1 Å². The van der Waals surface area contributed by atoms with Gasteiger partial charge in [-0.25, -0.2) is 8.42 Å². The van der Waals surface area contributed by atoms with E-state index in [1.807, 2.05) is 0 Å². The van der Waals surface area contributed by atoms with Crippen molar-refractivity contribution in [2.75, 3.05) is 17.3 Å². The fraction of sp³-hybridized carbons (Fsp3) is 0.182. The van der Waals surface area contributed by atoms with Crippen LogP contribution in [-0.2, 0) is 16.4 Å². The highest BCUT2D eigenvalue weighted by Crippen LogP contribution is 2.21. The predicted octanol–water partition coefficient (Wildman–Crippen LogP) is 1.01. The molecule has 0 aliphatic rings. The molecule has 4 N–H and O–H groups in total. The Morgan fingerprint density at radius 3 is 2.72 bits per heavy atom. The first-order valence-electron chi connectivity index (χ1n) is 5.29. The lowest BCUT2D eigenvalue weighted by molar-refractivity contribution is 0.602. The summed E-state index contributed by atoms with van der Waals surface area (Å²) in [4.78, 5) is 0.270. The van der Waals surface area contributed by atoms with E-state index in [0.29, 0.717) is 18.1 Å². The van der Waals surface area contributed by atoms with Gasteiger partial charge in [0.05, 0.1) is 16.8 Å². The maximum Gasteiger partial charge on any atom is 0.177 e. The van der Waals surface area contributed by atoms with E-state index >= 15 is 0 Å². The fourth-order valence-corrected chi connectivity index (χ4v) is 2.45. The second kappa shape index (κ2) is 4.69. The van der Waals surface area contributed by atoms with Gasteiger partial charge in [0.15, 0.2) is 9.84 Å². The number of H-pyrrole nitrogens is 1. The minimum absolute atomic E-state index is 0.270. The number of anilines is 2. The van der Waals surface area contributed by atoms with Crippen LogP contribution in [0.25, 0.3) is 0 Å². The summed E-state index contributed by atoms with van der Waals surface area (Å²) < 4.78 is 23.2. The normalized spacial score (nSPS) is 11.4. The number of hydrogen-bond acceptors (Lipinski definition) is 5. The van der Waals surface area contributed by atoms with E-state index in [0.717, 1.165) is 5.56 Å². The van der Waals surface area contributed by atoms with Crippen LogP contribution in [0.3, 0.4) is 0 Å². The molecule has 0 bridgehead atoms. The van der Waals surface area contributed by atoms with Gasteiger partial charge in [0.1, 0.15) is 5.82 Å². The van der Waals surface area contributed by atoms with Crippen LogP contribution in [-0.4, -0.2) is 24.9 Å². The van der Waals surface area contributed by atoms with Crippen LogP contribution < -0.4 is 11.1 Å². The number of nitrogens with one attached hydrogen (secondary N) is 2. The number of aromatic amines is 1. The van der Waals surface area contributed by atoms with E-state index in [9.17, 15) is 8.42 Å². The van der Waals surface area contributed by atoms with E-state index in [1.165, 1.54) is 6.26 Å². The Hall–Kier alpha value is -2.02. The summed E-state index contributed by atoms with van der Waals surface area (Å²) in [7, 11) is -3.25. The van der Waals surface area contributed by atoms with Gasteiger partial charge in [0.25, 0.3) is 0 Å². The smallest absolute Gasteiger partial charge is 0.177 e. The molecule has 1 aromatic carbocycles. The number of nitrogen functional groups attached to an aromatic ring is 1. The van der Waals surface area contributed by atoms with Crippen LogP contribution in [0.1, 0.15) is 5.56 Å². The molecule has 0 saturated heterocycles. The Kier molecular flexibility index (Phi) is 3.24. The van der Waals surface area contributed by atoms with Crippen molar-refractivity contribution in [1.29, 1.82) is 0 Å². The molecule has 0 radical (unpaired) electrons. The van der Waals surface area contributed by atoms with E-state index in [4.69, 9.17) is 5.73 Å². The number of rotatable bonds is 4. The van der Waals surface area contributed by atoms with Gasteiger partial charge in [0, 0.05) is 18.4 Å². The minimum atomic E-state index is -3.25. The predicted molar refractivity (Wildman–Crippen MR) is 69.9 cm³/mol. The number of nitrogens with two attached hydrogens (primary N) is 1. The molecule has 2 rings (SSSR count). The van der Waals surface area contributed by atoms with Gasteiger partial charge in [-0.3, -0.25) is 5.10 Å². The van der Waals surface area contributed by atoms with Crippen LogP contribution in [0, 0.1) is 0 Å². The highest BCUT2D eigenvalue weighted by molar-refractivity contribution is 7.90. The molecule has 0 fully saturated rings. The summed E-state index contributed by atoms with van der Waals surface area (Å²) in [5, 5.41) is 9.46. The van der Waals surface area contributed by atoms with E-state index in [2.05, 4.69) is 15.5 Å². The summed E-state index contributed by atoms with van der Waals surface area (Å²) in [5.41, 5.74) is 7.00. The molecule has 0 saturated carbocycles. The monoisotopic (exact) mass is 266 g/mol. The molecular formula is C11H14N4O2S. The molecule has 2 aromatic rings. The third-order valence-electron chi connectivity index (χ3n) is 2.51. The van der Waals surface area contributed by atoms with Crippen LogP contribution in [0.5, 0.6) is 0 Å². The van der Waals surface area contributed by atoms with E-state index < -0.39 is 9.84 Å². The molecule has 96 valence electrons. The fourth-order valence-electron chi connectivity index (χ4n) is 1.59. The Balaban J connectivity index is 2.23. The summed E-state index contributed by atoms with van der Waals surface area (Å²) in [6.07, 6.45) is 2.78. The van der Waals surface area contributed by atoms with Crippen LogP contribution in [0.2, 0.25) is 0 Å². The average Bonchev–Trinajstić information content (AvgIpc) is 2.71. The molecule has 0 aliphatic heterocycles. The molecule has 0 atom stereocenters. The third-order valence-corrected chi connectivity index (χ3v) is 3.66. The van der Waals surface area contributed by atoms with Crippen LogP contribution in [0.4, 0.5) is 11.5 Å². The standard InChI is InChI=1S/C11H14N4O2S/c1-18(16,17)10-5-3-2-4-9(10)13-6-8-7-14-15-11(8)12/h2-5,7,13H,6H2,1H3,(H3,12,14,15). The van der Waals surface area contributed by atoms with Gasteiger partial charge in [-0.15, -0.1) is 0 Å². The zero-order valence-corrected chi connectivity index (χ0v) is 10.7. The zero-order chi connectivity index (χ0) is 13.2. The minimum Gasteiger partial charge on any atom is -0.384 e. The molecule has 1 heterocycles. The highest BCUT2D eigenvalue weighted by Gasteiger charge is 2.12. The van der Waals surface area contributed by atoms with Gasteiger partial charge in [-0.2, -0.15) is 5.10 Å². The summed E-state index contributed by atoms with van der Waals surface area (Å²) >= 11 is 0. The first-order chi connectivity index (χ1) is 8.48. The Bertz CT molecular complexity index is 649. The second-order valence-corrected chi connectivity index (χ2v) is 5.91. The Labute approximate surface area is 105 Å². The largest absolute Gasteiger partial charge is 0.384 e. The van der Waals surface area contributed by atoms with Crippen molar-refractivity contribution in [2.24, 2.45) is 0 Å². The van der Waals surface area contributed by atoms with Crippen molar-refractivity contribution in [3.8, 4) is 0 Å². The zero-order valence-electron chi connectivity index (χ0n) is 9.84. The summed E-state index contributed by atoms with van der Waals surface area (Å²) in [6.45, 7) is 0.412. The topological polar surface area (TPSA) is 101 Å². The lowest BCUT2D eigenvalue weighted by atomic mass is 10.3. The lowest BCUT2D eigenvalue weighted by Gasteiger charge is -2.10. The number of nitrogens with zero attached hydrogens (tertiary/aromatic N) is 1. The number of sulfone groups is 1. The lowest BCUT2D eigenvalue weighted by Crippen LogP contribution is -2.06. The number of benzene rings is 1. The van der Waals surface area contributed by atoms with Gasteiger partial charge >= 0.3 is 0 Å². The number of para-hydroxylation sites is 1. The van der Waals surface area contributed by atoms with Crippen molar-refractivity contribution < 1.29 is 8.42 Å². The average molecular weight is 266 g/mol. The molecule has 0 spiro atoms. The molecule has 6 nitrogen and oxygen atoms in total. The second-order valence-electron chi connectivity index (χ2n) is 3.93. The van der Waals surface area contributed by atoms with Crippen molar-refractivity contribution in [2.45, 2.75) is 11.4 Å². The van der Waals surface area contributed by atoms with Gasteiger partial charge < -0.3 is 11.1 Å². The first-order valence-corrected chi connectivity index (χ1v) is 7.18. The molecule has 1 aromatic heterocycles. The summed E-state index contributed by atoms with van der Waals surface area (Å²) in [6, 6.07) is 6.74. The molecule has 7 heteroatoms. The Morgan fingerprint density at radius 2 is 2.11 bits per heavy atom. The van der Waals surface area contributed by atoms with Crippen molar-refractivity contribution >= 4 is 21.3 Å². The van der Waals surface area contributed by atoms with E-state index in [1.54, 1.807) is 30.5 Å². The highest BCUT2D eigenvalue weighted by atomic mass is 32.2. The molecule has 0 unspecified atom stereocenters. The molecule has 18 heavy (non-hydrogen) atoms. The molecule has 0 amide bonds. The van der Waals surface area contributed by atoms with Crippen LogP contribution >= 0.6 is 0 Å². The van der Waals surface area contributed by atoms with Crippen molar-refractivity contribution in [1.82, 2.24) is 10.2 Å². The summed E-state index contributed by atoms with van der Waals surface area (Å²) in [5.74, 6) is 0.472. The van der Waals surface area contributed by atoms with Crippen molar-refractivity contribution in [3.63, 3.8) is 0 Å².